The van der Waals surface area contributed by atoms with Gasteiger partial charge in [-0.05, 0) is 25.5 Å². The highest BCUT2D eigenvalue weighted by molar-refractivity contribution is 14.2. The Morgan fingerprint density at radius 2 is 2.16 bits per heavy atom. The Balaban J connectivity index is 2.24. The molecule has 2 heterocycles. The number of hydrogen-bond donors (Lipinski definition) is 1. The van der Waals surface area contributed by atoms with Crippen molar-refractivity contribution in [3.8, 4) is 0 Å². The van der Waals surface area contributed by atoms with Gasteiger partial charge in [0.25, 0.3) is 5.92 Å². The minimum absolute atomic E-state index is 0.108. The van der Waals surface area contributed by atoms with Gasteiger partial charge in [0.05, 0.1) is 20.2 Å². The number of ether oxygens (including phenoxy) is 1. The maximum Gasteiger partial charge on any atom is 0.290 e. The summed E-state index contributed by atoms with van der Waals surface area (Å²) in [5.74, 6) is -3.02. The summed E-state index contributed by atoms with van der Waals surface area (Å²) in [4.78, 5) is 8.30. The lowest BCUT2D eigenvalue weighted by atomic mass is 10.0. The third-order valence-corrected chi connectivity index (χ3v) is 6.66. The zero-order chi connectivity index (χ0) is 18.4. The fourth-order valence-electron chi connectivity index (χ4n) is 2.30. The standard InChI is InChI=1S/C18H22F2IN3O/c1-13-6-4-8-16(24-13)18(19,20)10-9-15-14(7-5-11-25-3)17(22)21(2)12-23-15/h4-8,12H,2,9-11,22H2,1,3H3/b7-5+. The first-order valence-electron chi connectivity index (χ1n) is 7.70. The van der Waals surface area contributed by atoms with Gasteiger partial charge >= 0.3 is 0 Å². The summed E-state index contributed by atoms with van der Waals surface area (Å²) in [5.41, 5.74) is 7.78. The van der Waals surface area contributed by atoms with Gasteiger partial charge in [0.1, 0.15) is 5.69 Å². The van der Waals surface area contributed by atoms with Crippen molar-refractivity contribution in [1.29, 1.82) is 0 Å². The second-order valence-electron chi connectivity index (χ2n) is 5.56. The van der Waals surface area contributed by atoms with Crippen LogP contribution in [0.1, 0.15) is 24.2 Å². The molecular weight excluding hydrogens is 439 g/mol. The molecule has 0 aromatic carbocycles. The Labute approximate surface area is 152 Å². The van der Waals surface area contributed by atoms with Crippen LogP contribution >= 0.6 is 18.9 Å². The van der Waals surface area contributed by atoms with Crippen LogP contribution in [-0.2, 0) is 10.7 Å². The van der Waals surface area contributed by atoms with E-state index in [0.717, 1.165) is 0 Å². The maximum atomic E-state index is 14.5. The molecule has 2 N–H and O–H groups in total. The number of nitrogens with two attached hydrogens (primary N) is 1. The molecule has 0 fully saturated rings. The van der Waals surface area contributed by atoms with Crippen LogP contribution in [0.25, 0.3) is 0 Å². The number of aromatic nitrogens is 1. The van der Waals surface area contributed by atoms with E-state index in [-0.39, 0.29) is 18.5 Å². The zero-order valence-electron chi connectivity index (χ0n) is 14.3. The van der Waals surface area contributed by atoms with Crippen LogP contribution in [0.15, 0.2) is 46.6 Å². The van der Waals surface area contributed by atoms with Crippen molar-refractivity contribution in [2.45, 2.75) is 25.7 Å². The maximum absolute atomic E-state index is 14.5. The van der Waals surface area contributed by atoms with Gasteiger partial charge in [-0.3, -0.25) is 15.7 Å². The number of pyridine rings is 1. The molecule has 25 heavy (non-hydrogen) atoms. The highest BCUT2D eigenvalue weighted by Crippen LogP contribution is 2.35. The van der Waals surface area contributed by atoms with Crippen molar-refractivity contribution >= 4 is 31.2 Å². The molecule has 136 valence electrons. The Morgan fingerprint density at radius 3 is 2.84 bits per heavy atom. The highest BCUT2D eigenvalue weighted by Gasteiger charge is 2.33. The van der Waals surface area contributed by atoms with Crippen molar-refractivity contribution in [3.05, 3.63) is 53.0 Å². The number of halogens is 3. The topological polar surface area (TPSA) is 60.5 Å². The van der Waals surface area contributed by atoms with E-state index in [9.17, 15) is 8.78 Å². The van der Waals surface area contributed by atoms with E-state index in [2.05, 4.69) is 14.5 Å². The second kappa shape index (κ2) is 8.77. The molecule has 0 amide bonds. The number of allylic oxidation sites excluding steroid dienone is 1. The average molecular weight is 461 g/mol. The van der Waals surface area contributed by atoms with Crippen LogP contribution in [0.3, 0.4) is 0 Å². The summed E-state index contributed by atoms with van der Waals surface area (Å²) in [6.07, 6.45) is 3.32. The van der Waals surface area contributed by atoms with Gasteiger partial charge in [-0.2, -0.15) is 8.78 Å². The molecule has 0 aliphatic carbocycles. The van der Waals surface area contributed by atoms with Gasteiger partial charge < -0.3 is 4.74 Å². The van der Waals surface area contributed by atoms with E-state index in [0.29, 0.717) is 27.2 Å². The number of aliphatic imine (C=N–C) groups is 1. The Hall–Kier alpha value is -1.45. The molecule has 0 atom stereocenters. The number of hydrogen-bond acceptors (Lipinski definition) is 4. The van der Waals surface area contributed by atoms with E-state index >= 15 is 0 Å². The van der Waals surface area contributed by atoms with E-state index < -0.39 is 24.8 Å². The van der Waals surface area contributed by atoms with Crippen LogP contribution in [0, 0.1) is 6.92 Å². The number of aryl methyl sites for hydroxylation is 1. The molecular formula is C18H22F2IN3O. The summed E-state index contributed by atoms with van der Waals surface area (Å²) in [7, 11) is 1.58. The number of nitrogens with zero attached hydrogens (tertiary/aromatic N) is 2. The van der Waals surface area contributed by atoms with E-state index in [4.69, 9.17) is 10.5 Å². The van der Waals surface area contributed by atoms with Gasteiger partial charge in [-0.1, -0.05) is 41.6 Å². The minimum Gasteiger partial charge on any atom is -0.381 e. The van der Waals surface area contributed by atoms with Crippen LogP contribution in [0.2, 0.25) is 0 Å². The predicted octanol–water partition coefficient (Wildman–Crippen LogP) is 3.79. The highest BCUT2D eigenvalue weighted by atomic mass is 127. The molecule has 1 aliphatic heterocycles. The smallest absolute Gasteiger partial charge is 0.290 e. The number of alkyl halides is 2. The quantitative estimate of drug-likeness (QED) is 0.629. The summed E-state index contributed by atoms with van der Waals surface area (Å²) in [6, 6.07) is 4.64. The van der Waals surface area contributed by atoms with Crippen LogP contribution in [0.4, 0.5) is 8.78 Å². The zero-order valence-corrected chi connectivity index (χ0v) is 16.5. The third-order valence-electron chi connectivity index (χ3n) is 3.64. The van der Waals surface area contributed by atoms with Crippen molar-refractivity contribution in [2.75, 3.05) is 13.7 Å². The molecule has 1 aliphatic rings. The fraction of sp³-hybridized carbons (Fsp3) is 0.333. The molecule has 0 radical (unpaired) electrons. The molecule has 0 saturated carbocycles. The van der Waals surface area contributed by atoms with Gasteiger partial charge in [0.2, 0.25) is 0 Å². The second-order valence-corrected chi connectivity index (χ2v) is 9.54. The number of rotatable bonds is 7. The molecule has 4 nitrogen and oxygen atoms in total. The molecule has 0 unspecified atom stereocenters. The first-order valence-corrected chi connectivity index (χ1v) is 11.5. The van der Waals surface area contributed by atoms with Crippen molar-refractivity contribution in [3.63, 3.8) is 0 Å². The lowest BCUT2D eigenvalue weighted by Crippen LogP contribution is -2.19. The third kappa shape index (κ3) is 5.26. The van der Waals surface area contributed by atoms with Gasteiger partial charge in [0, 0.05) is 24.8 Å². The van der Waals surface area contributed by atoms with Crippen LogP contribution in [0.5, 0.6) is 0 Å². The van der Waals surface area contributed by atoms with Crippen LogP contribution in [-0.4, -0.2) is 31.1 Å². The molecule has 0 spiro atoms. The average Bonchev–Trinajstić information content (AvgIpc) is 2.58. The number of methoxy groups -OCH3 is 1. The molecule has 7 heteroatoms. The summed E-state index contributed by atoms with van der Waals surface area (Å²) in [6.45, 7) is 2.12. The largest absolute Gasteiger partial charge is 0.381 e. The van der Waals surface area contributed by atoms with Crippen molar-refractivity contribution in [2.24, 2.45) is 10.7 Å². The fourth-order valence-corrected chi connectivity index (χ4v) is 4.51. The predicted molar refractivity (Wildman–Crippen MR) is 109 cm³/mol. The first kappa shape index (κ1) is 19.9. The van der Waals surface area contributed by atoms with Gasteiger partial charge in [0.15, 0.2) is 0 Å². The van der Waals surface area contributed by atoms with E-state index in [1.807, 2.05) is 0 Å². The minimum atomic E-state index is -3.02. The first-order chi connectivity index (χ1) is 11.8. The lowest BCUT2D eigenvalue weighted by Gasteiger charge is -2.18. The SMILES string of the molecule is C=I1=C(N)C(/C=C/COC)=C(CCC(F)(F)c2cccc(C)n2)N=C1. The van der Waals surface area contributed by atoms with Gasteiger partial charge in [-0.15, -0.1) is 0 Å². The summed E-state index contributed by atoms with van der Waals surface area (Å²) < 4.78 is 40.4. The summed E-state index contributed by atoms with van der Waals surface area (Å²) >= 11 is -1.85. The molecule has 0 saturated heterocycles. The molecule has 1 aromatic rings. The molecule has 2 rings (SSSR count). The van der Waals surface area contributed by atoms with E-state index in [1.165, 1.54) is 6.07 Å². The van der Waals surface area contributed by atoms with E-state index in [1.54, 1.807) is 42.5 Å². The van der Waals surface area contributed by atoms with Crippen LogP contribution < -0.4 is 5.73 Å². The monoisotopic (exact) mass is 461 g/mol. The molecule has 1 aromatic heterocycles. The van der Waals surface area contributed by atoms with Gasteiger partial charge in [-0.25, -0.2) is 0 Å². The van der Waals surface area contributed by atoms with Crippen molar-refractivity contribution < 1.29 is 13.5 Å². The summed E-state index contributed by atoms with van der Waals surface area (Å²) in [5, 5.41) is 0. The van der Waals surface area contributed by atoms with Crippen molar-refractivity contribution in [1.82, 2.24) is 4.98 Å². The Bertz CT molecular complexity index is 806. The normalized spacial score (nSPS) is 16.3. The lowest BCUT2D eigenvalue weighted by molar-refractivity contribution is -0.0176. The Kier molecular flexibility index (Phi) is 6.97. The Morgan fingerprint density at radius 1 is 1.40 bits per heavy atom. The molecule has 0 bridgehead atoms.